The van der Waals surface area contributed by atoms with Crippen molar-refractivity contribution in [3.63, 3.8) is 0 Å². The highest BCUT2D eigenvalue weighted by atomic mass is 19.1. The van der Waals surface area contributed by atoms with E-state index in [1.54, 1.807) is 25.5 Å². The highest BCUT2D eigenvalue weighted by Crippen LogP contribution is 2.25. The molecule has 6 nitrogen and oxygen atoms in total. The van der Waals surface area contributed by atoms with Crippen LogP contribution in [0.1, 0.15) is 45.8 Å². The Labute approximate surface area is 178 Å². The second-order valence-corrected chi connectivity index (χ2v) is 7.01. The average Bonchev–Trinajstić information content (AvgIpc) is 3.00. The van der Waals surface area contributed by atoms with E-state index in [1.165, 1.54) is 0 Å². The van der Waals surface area contributed by atoms with Gasteiger partial charge < -0.3 is 10.1 Å². The molecule has 0 radical (unpaired) electrons. The monoisotopic (exact) mass is 427 g/mol. The minimum Gasteiger partial charge on any atom is -0.464 e. The summed E-state index contributed by atoms with van der Waals surface area (Å²) in [7, 11) is 0. The zero-order chi connectivity index (χ0) is 22.5. The van der Waals surface area contributed by atoms with Gasteiger partial charge in [-0.1, -0.05) is 30.3 Å². The van der Waals surface area contributed by atoms with E-state index in [0.717, 1.165) is 17.7 Å². The van der Waals surface area contributed by atoms with Crippen LogP contribution in [0, 0.1) is 25.5 Å². The molecule has 3 aromatic rings. The molecule has 0 unspecified atom stereocenters. The van der Waals surface area contributed by atoms with Crippen LogP contribution in [0.5, 0.6) is 0 Å². The van der Waals surface area contributed by atoms with Crippen molar-refractivity contribution in [2.45, 2.75) is 33.4 Å². The van der Waals surface area contributed by atoms with Crippen LogP contribution >= 0.6 is 0 Å². The van der Waals surface area contributed by atoms with Crippen molar-refractivity contribution < 1.29 is 23.1 Å². The van der Waals surface area contributed by atoms with Crippen LogP contribution in [0.25, 0.3) is 0 Å². The lowest BCUT2D eigenvalue weighted by atomic mass is 10.0. The molecule has 31 heavy (non-hydrogen) atoms. The second-order valence-electron chi connectivity index (χ2n) is 7.01. The van der Waals surface area contributed by atoms with Gasteiger partial charge in [0.2, 0.25) is 0 Å². The van der Waals surface area contributed by atoms with Crippen molar-refractivity contribution in [1.29, 1.82) is 0 Å². The molecule has 1 heterocycles. The molecule has 0 saturated heterocycles. The van der Waals surface area contributed by atoms with Crippen molar-refractivity contribution >= 4 is 11.9 Å². The fourth-order valence-electron chi connectivity index (χ4n) is 3.40. The van der Waals surface area contributed by atoms with Crippen molar-refractivity contribution in [2.75, 3.05) is 6.61 Å². The predicted octanol–water partition coefficient (Wildman–Crippen LogP) is 3.86. The van der Waals surface area contributed by atoms with Gasteiger partial charge in [-0.05, 0) is 38.5 Å². The minimum absolute atomic E-state index is 0.104. The van der Waals surface area contributed by atoms with E-state index < -0.39 is 29.6 Å². The molecular formula is C23H23F2N3O3. The van der Waals surface area contributed by atoms with Crippen LogP contribution in [-0.4, -0.2) is 28.3 Å². The molecular weight excluding hydrogens is 404 g/mol. The van der Waals surface area contributed by atoms with Gasteiger partial charge >= 0.3 is 5.97 Å². The molecule has 0 aliphatic heterocycles. The summed E-state index contributed by atoms with van der Waals surface area (Å²) >= 11 is 0. The highest BCUT2D eigenvalue weighted by Gasteiger charge is 2.31. The second kappa shape index (κ2) is 9.51. The van der Waals surface area contributed by atoms with Crippen molar-refractivity contribution in [1.82, 2.24) is 15.1 Å². The molecule has 8 heteroatoms. The molecule has 2 aromatic carbocycles. The predicted molar refractivity (Wildman–Crippen MR) is 110 cm³/mol. The van der Waals surface area contributed by atoms with Crippen molar-refractivity contribution in [3.8, 4) is 0 Å². The number of benzene rings is 2. The van der Waals surface area contributed by atoms with E-state index in [9.17, 15) is 18.4 Å². The molecule has 1 aromatic heterocycles. The van der Waals surface area contributed by atoms with E-state index >= 15 is 0 Å². The smallest absolute Gasteiger partial charge is 0.333 e. The molecule has 0 aliphatic carbocycles. The number of carbonyl (C=O) groups is 2. The number of hydrogen-bond donors (Lipinski definition) is 1. The van der Waals surface area contributed by atoms with Gasteiger partial charge in [-0.2, -0.15) is 5.10 Å². The number of ether oxygens (including phenoxy) is 1. The molecule has 1 atom stereocenters. The maximum atomic E-state index is 14.1. The third kappa shape index (κ3) is 4.96. The number of nitrogens with zero attached hydrogens (tertiary/aromatic N) is 2. The van der Waals surface area contributed by atoms with E-state index in [0.29, 0.717) is 29.6 Å². The van der Waals surface area contributed by atoms with Crippen LogP contribution in [0.4, 0.5) is 8.78 Å². The first kappa shape index (κ1) is 22.1. The van der Waals surface area contributed by atoms with Gasteiger partial charge in [0.25, 0.3) is 5.91 Å². The number of amides is 1. The van der Waals surface area contributed by atoms with Gasteiger partial charge in [-0.3, -0.25) is 9.48 Å². The molecule has 0 spiro atoms. The fourth-order valence-corrected chi connectivity index (χ4v) is 3.40. The van der Waals surface area contributed by atoms with Crippen molar-refractivity contribution in [2.24, 2.45) is 0 Å². The summed E-state index contributed by atoms with van der Waals surface area (Å²) in [6.45, 7) is 5.74. The number of carbonyl (C=O) groups excluding carboxylic acids is 2. The lowest BCUT2D eigenvalue weighted by Crippen LogP contribution is -2.36. The van der Waals surface area contributed by atoms with Crippen LogP contribution in [0.15, 0.2) is 48.5 Å². The first-order valence-corrected chi connectivity index (χ1v) is 9.82. The number of halogens is 2. The fraction of sp³-hybridized carbons (Fsp3) is 0.261. The van der Waals surface area contributed by atoms with Gasteiger partial charge in [-0.15, -0.1) is 0 Å². The van der Waals surface area contributed by atoms with E-state index in [2.05, 4.69) is 10.4 Å². The number of nitrogens with one attached hydrogen (secondary N) is 1. The Morgan fingerprint density at radius 2 is 1.84 bits per heavy atom. The largest absolute Gasteiger partial charge is 0.464 e. The maximum Gasteiger partial charge on any atom is 0.333 e. The van der Waals surface area contributed by atoms with Crippen LogP contribution in [0.3, 0.4) is 0 Å². The van der Waals surface area contributed by atoms with Crippen molar-refractivity contribution in [3.05, 3.63) is 88.2 Å². The van der Waals surface area contributed by atoms with Gasteiger partial charge in [0.05, 0.1) is 24.4 Å². The summed E-state index contributed by atoms with van der Waals surface area (Å²) in [5.41, 5.74) is 2.32. The molecule has 0 bridgehead atoms. The maximum absolute atomic E-state index is 14.1. The van der Waals surface area contributed by atoms with Gasteiger partial charge in [0.1, 0.15) is 11.6 Å². The molecule has 1 N–H and O–H groups in total. The van der Waals surface area contributed by atoms with E-state index in [1.807, 2.05) is 30.3 Å². The quantitative estimate of drug-likeness (QED) is 0.581. The average molecular weight is 427 g/mol. The highest BCUT2D eigenvalue weighted by molar-refractivity contribution is 5.97. The first-order chi connectivity index (χ1) is 14.8. The zero-order valence-corrected chi connectivity index (χ0v) is 17.5. The Balaban J connectivity index is 1.95. The molecule has 162 valence electrons. The Morgan fingerprint density at radius 3 is 2.48 bits per heavy atom. The van der Waals surface area contributed by atoms with E-state index in [-0.39, 0.29) is 12.2 Å². The third-order valence-corrected chi connectivity index (χ3v) is 4.87. The Hall–Kier alpha value is -3.55. The lowest BCUT2D eigenvalue weighted by Gasteiger charge is -2.18. The first-order valence-electron chi connectivity index (χ1n) is 9.82. The van der Waals surface area contributed by atoms with Gasteiger partial charge in [0.15, 0.2) is 6.04 Å². The van der Waals surface area contributed by atoms with Crippen LogP contribution in [0.2, 0.25) is 0 Å². The number of rotatable bonds is 7. The summed E-state index contributed by atoms with van der Waals surface area (Å²) in [5, 5.41) is 7.04. The summed E-state index contributed by atoms with van der Waals surface area (Å²) in [6, 6.07) is 11.1. The summed E-state index contributed by atoms with van der Waals surface area (Å²) in [5.74, 6) is -3.37. The lowest BCUT2D eigenvalue weighted by molar-refractivity contribution is -0.145. The molecule has 1 amide bonds. The standard InChI is InChI=1S/C23H23F2N3O3/c1-4-31-23(30)21(26-22(29)18-11-10-17(24)12-19(18)25)20-14(2)27-28(15(20)3)13-16-8-6-5-7-9-16/h5-12,21H,4,13H2,1-3H3,(H,26,29)/t21-/m1/s1. The summed E-state index contributed by atoms with van der Waals surface area (Å²) in [6.07, 6.45) is 0. The topological polar surface area (TPSA) is 73.2 Å². The number of aromatic nitrogens is 2. The minimum atomic E-state index is -1.19. The SMILES string of the molecule is CCOC(=O)[C@H](NC(=O)c1ccc(F)cc1F)c1c(C)nn(Cc2ccccc2)c1C. The van der Waals surface area contributed by atoms with Gasteiger partial charge in [0, 0.05) is 17.3 Å². The zero-order valence-electron chi connectivity index (χ0n) is 17.5. The summed E-state index contributed by atoms with van der Waals surface area (Å²) in [4.78, 5) is 25.4. The Morgan fingerprint density at radius 1 is 1.13 bits per heavy atom. The molecule has 0 aliphatic rings. The van der Waals surface area contributed by atoms with E-state index in [4.69, 9.17) is 4.74 Å². The van der Waals surface area contributed by atoms with Gasteiger partial charge in [-0.25, -0.2) is 13.6 Å². The Bertz CT molecular complexity index is 1100. The number of hydrogen-bond acceptors (Lipinski definition) is 4. The summed E-state index contributed by atoms with van der Waals surface area (Å²) < 4.78 is 34.1. The molecule has 0 saturated carbocycles. The van der Waals surface area contributed by atoms with Crippen LogP contribution < -0.4 is 5.32 Å². The Kier molecular flexibility index (Phi) is 6.79. The normalized spacial score (nSPS) is 11.8. The molecule has 0 fully saturated rings. The third-order valence-electron chi connectivity index (χ3n) is 4.87. The number of esters is 1. The molecule has 3 rings (SSSR count). The van der Waals surface area contributed by atoms with Crippen LogP contribution in [-0.2, 0) is 16.1 Å². The number of aryl methyl sites for hydroxylation is 1.